The number of hydrogen-bond acceptors (Lipinski definition) is 8. The molecule has 0 atom stereocenters. The van der Waals surface area contributed by atoms with Crippen LogP contribution in [0.2, 0.25) is 5.02 Å². The van der Waals surface area contributed by atoms with Gasteiger partial charge in [0.25, 0.3) is 16.1 Å². The number of carbonyl (C=O) groups is 2. The zero-order valence-corrected chi connectivity index (χ0v) is 29.0. The lowest BCUT2D eigenvalue weighted by Crippen LogP contribution is -2.52. The van der Waals surface area contributed by atoms with Crippen molar-refractivity contribution in [3.63, 3.8) is 0 Å². The zero-order chi connectivity index (χ0) is 35.5. The second-order valence-electron chi connectivity index (χ2n) is 12.8. The highest BCUT2D eigenvalue weighted by atomic mass is 35.5. The average Bonchev–Trinajstić information content (AvgIpc) is 3.86. The maximum Gasteiger partial charge on any atom is 0.316 e. The predicted molar refractivity (Wildman–Crippen MR) is 190 cm³/mol. The molecule has 1 saturated carbocycles. The molecule has 0 spiro atoms. The number of nitrogens with two attached hydrogens (primary N) is 1. The first kappa shape index (κ1) is 35.1. The fourth-order valence-electron chi connectivity index (χ4n) is 5.56. The highest BCUT2D eigenvalue weighted by molar-refractivity contribution is 7.87. The molecule has 262 valence electrons. The van der Waals surface area contributed by atoms with E-state index in [1.54, 1.807) is 79.0 Å². The van der Waals surface area contributed by atoms with Crippen LogP contribution in [-0.2, 0) is 23.3 Å². The number of aromatic nitrogens is 2. The minimum atomic E-state index is -3.87. The van der Waals surface area contributed by atoms with E-state index in [1.165, 1.54) is 8.99 Å². The van der Waals surface area contributed by atoms with Gasteiger partial charge in [-0.3, -0.25) is 14.4 Å². The Morgan fingerprint density at radius 1 is 0.940 bits per heavy atom. The monoisotopic (exact) mass is 719 g/mol. The third kappa shape index (κ3) is 8.33. The van der Waals surface area contributed by atoms with E-state index in [9.17, 15) is 22.8 Å². The summed E-state index contributed by atoms with van der Waals surface area (Å²) in [7, 11) is -3.87. The van der Waals surface area contributed by atoms with Crippen LogP contribution in [-0.4, -0.2) is 67.1 Å². The molecule has 1 aliphatic heterocycles. The Hall–Kier alpha value is -4.76. The highest BCUT2D eigenvalue weighted by Gasteiger charge is 2.39. The molecule has 2 aliphatic rings. The molecule has 2 amide bonds. The van der Waals surface area contributed by atoms with E-state index in [-0.39, 0.29) is 43.3 Å². The molecular formula is C35H38ClN7O6S. The van der Waals surface area contributed by atoms with Gasteiger partial charge in [-0.2, -0.15) is 27.2 Å². The minimum Gasteiger partial charge on any atom is -0.486 e. The molecule has 0 unspecified atom stereocenters. The van der Waals surface area contributed by atoms with Gasteiger partial charge in [0.2, 0.25) is 11.7 Å². The summed E-state index contributed by atoms with van der Waals surface area (Å²) in [6.45, 7) is 3.64. The van der Waals surface area contributed by atoms with Crippen molar-refractivity contribution < 1.29 is 22.7 Å². The van der Waals surface area contributed by atoms with Gasteiger partial charge in [0.1, 0.15) is 5.69 Å². The predicted octanol–water partition coefficient (Wildman–Crippen LogP) is 3.25. The van der Waals surface area contributed by atoms with Crippen molar-refractivity contribution in [3.8, 4) is 11.4 Å². The van der Waals surface area contributed by atoms with Crippen molar-refractivity contribution in [1.29, 1.82) is 0 Å². The summed E-state index contributed by atoms with van der Waals surface area (Å²) in [5.41, 5.74) is 8.00. The summed E-state index contributed by atoms with van der Waals surface area (Å²) >= 11 is 6.17. The fourth-order valence-corrected chi connectivity index (χ4v) is 6.92. The van der Waals surface area contributed by atoms with Gasteiger partial charge in [-0.1, -0.05) is 48.9 Å². The number of halogens is 1. The van der Waals surface area contributed by atoms with E-state index in [2.05, 4.69) is 22.1 Å². The maximum atomic E-state index is 13.7. The molecule has 2 fully saturated rings. The van der Waals surface area contributed by atoms with E-state index in [4.69, 9.17) is 22.1 Å². The quantitative estimate of drug-likeness (QED) is 0.189. The van der Waals surface area contributed by atoms with Crippen LogP contribution in [0.4, 0.5) is 5.69 Å². The molecule has 0 radical (unpaired) electrons. The van der Waals surface area contributed by atoms with Crippen LogP contribution in [0, 0.1) is 5.41 Å². The van der Waals surface area contributed by atoms with Crippen molar-refractivity contribution in [2.24, 2.45) is 11.1 Å². The van der Waals surface area contributed by atoms with Gasteiger partial charge in [0.15, 0.2) is 0 Å². The Labute approximate surface area is 295 Å². The molecule has 13 nitrogen and oxygen atoms in total. The standard InChI is InChI=1S/C35H38ClN7O6S/c1-35(11-12-35)23-49-31-30(22-39-43(34(31)46)29-10-4-9-28(36)19-29)41-13-15-42(16-14-41)50(47,48)40-21-25-6-3-8-27(18-25)33(45)38-20-24-5-2-7-26(17-24)32(37)44/h2-10,17-19,22,40H,11-16,20-21,23H2,1H3,(H2,37,44)(H,38,45). The molecule has 1 saturated heterocycles. The van der Waals surface area contributed by atoms with Crippen LogP contribution in [0.3, 0.4) is 0 Å². The van der Waals surface area contributed by atoms with Gasteiger partial charge >= 0.3 is 5.56 Å². The van der Waals surface area contributed by atoms with Crippen LogP contribution in [0.5, 0.6) is 5.75 Å². The van der Waals surface area contributed by atoms with Crippen molar-refractivity contribution in [3.05, 3.63) is 117 Å². The van der Waals surface area contributed by atoms with E-state index in [0.717, 1.165) is 12.8 Å². The molecule has 6 rings (SSSR count). The number of benzene rings is 3. The molecule has 3 aromatic carbocycles. The van der Waals surface area contributed by atoms with Crippen molar-refractivity contribution in [2.75, 3.05) is 37.7 Å². The Bertz CT molecular complexity index is 2080. The van der Waals surface area contributed by atoms with Gasteiger partial charge in [0, 0.05) is 60.8 Å². The number of piperazine rings is 1. The summed E-state index contributed by atoms with van der Waals surface area (Å²) in [4.78, 5) is 39.9. The summed E-state index contributed by atoms with van der Waals surface area (Å²) < 4.78 is 38.0. The maximum absolute atomic E-state index is 13.7. The number of nitrogens with one attached hydrogen (secondary N) is 2. The normalized spacial score (nSPS) is 15.8. The first-order valence-corrected chi connectivity index (χ1v) is 18.0. The number of ether oxygens (including phenoxy) is 1. The first-order valence-electron chi connectivity index (χ1n) is 16.2. The zero-order valence-electron chi connectivity index (χ0n) is 27.5. The second-order valence-corrected chi connectivity index (χ2v) is 15.0. The van der Waals surface area contributed by atoms with Crippen molar-refractivity contribution in [1.82, 2.24) is 24.1 Å². The lowest BCUT2D eigenvalue weighted by atomic mass is 10.1. The smallest absolute Gasteiger partial charge is 0.316 e. The molecule has 0 bridgehead atoms. The van der Waals surface area contributed by atoms with E-state index in [0.29, 0.717) is 58.3 Å². The first-order chi connectivity index (χ1) is 23.9. The second kappa shape index (κ2) is 14.6. The number of carbonyl (C=O) groups excluding carboxylic acids is 2. The van der Waals surface area contributed by atoms with Crippen LogP contribution in [0.15, 0.2) is 83.8 Å². The summed E-state index contributed by atoms with van der Waals surface area (Å²) in [6, 6.07) is 20.2. The number of rotatable bonds is 13. The fraction of sp³-hybridized carbons (Fsp3) is 0.314. The number of amides is 2. The number of nitrogens with zero attached hydrogens (tertiary/aromatic N) is 4. The third-order valence-corrected chi connectivity index (χ3v) is 10.7. The Kier molecular flexibility index (Phi) is 10.3. The van der Waals surface area contributed by atoms with Crippen LogP contribution < -0.4 is 31.0 Å². The molecule has 2 heterocycles. The largest absolute Gasteiger partial charge is 0.486 e. The van der Waals surface area contributed by atoms with E-state index >= 15 is 0 Å². The number of primary amides is 1. The molecule has 50 heavy (non-hydrogen) atoms. The van der Waals surface area contributed by atoms with Gasteiger partial charge < -0.3 is 20.7 Å². The highest BCUT2D eigenvalue weighted by Crippen LogP contribution is 2.45. The lowest BCUT2D eigenvalue weighted by molar-refractivity contribution is 0.0950. The minimum absolute atomic E-state index is 0.0211. The van der Waals surface area contributed by atoms with Gasteiger partial charge in [0.05, 0.1) is 18.5 Å². The van der Waals surface area contributed by atoms with Crippen molar-refractivity contribution in [2.45, 2.75) is 32.9 Å². The number of hydrogen-bond donors (Lipinski definition) is 3. The molecule has 15 heteroatoms. The van der Waals surface area contributed by atoms with Crippen LogP contribution in [0.1, 0.15) is 51.6 Å². The summed E-state index contributed by atoms with van der Waals surface area (Å²) in [6.07, 6.45) is 3.62. The summed E-state index contributed by atoms with van der Waals surface area (Å²) in [5.74, 6) is -0.729. The van der Waals surface area contributed by atoms with Gasteiger partial charge in [-0.25, -0.2) is 0 Å². The average molecular weight is 720 g/mol. The molecule has 1 aromatic heterocycles. The Morgan fingerprint density at radius 3 is 2.28 bits per heavy atom. The number of anilines is 1. The van der Waals surface area contributed by atoms with Crippen molar-refractivity contribution >= 4 is 39.3 Å². The Balaban J connectivity index is 1.08. The molecular weight excluding hydrogens is 682 g/mol. The van der Waals surface area contributed by atoms with E-state index in [1.807, 2.05) is 4.90 Å². The van der Waals surface area contributed by atoms with Gasteiger partial charge in [-0.15, -0.1) is 0 Å². The van der Waals surface area contributed by atoms with Crippen LogP contribution in [0.25, 0.3) is 5.69 Å². The topological polar surface area (TPSA) is 169 Å². The lowest BCUT2D eigenvalue weighted by Gasteiger charge is -2.35. The third-order valence-electron chi connectivity index (χ3n) is 8.87. The van der Waals surface area contributed by atoms with Gasteiger partial charge in [-0.05, 0) is 66.4 Å². The van der Waals surface area contributed by atoms with E-state index < -0.39 is 21.7 Å². The molecule has 4 aromatic rings. The Morgan fingerprint density at radius 2 is 1.60 bits per heavy atom. The summed E-state index contributed by atoms with van der Waals surface area (Å²) in [5, 5.41) is 7.68. The molecule has 4 N–H and O–H groups in total. The SMILES string of the molecule is CC1(COc2c(N3CCN(S(=O)(=O)NCc4cccc(C(=O)NCc5cccc(C(N)=O)c5)c4)CC3)cnn(-c3cccc(Cl)c3)c2=O)CC1. The van der Waals surface area contributed by atoms with Crippen LogP contribution >= 0.6 is 11.6 Å². The molecule has 1 aliphatic carbocycles.